The van der Waals surface area contributed by atoms with E-state index in [4.69, 9.17) is 16.1 Å². The number of hydrogen-bond donors (Lipinski definition) is 2. The molecule has 7 heterocycles. The summed E-state index contributed by atoms with van der Waals surface area (Å²) in [6.45, 7) is 6.80. The van der Waals surface area contributed by atoms with Gasteiger partial charge in [0, 0.05) is 76.4 Å². The molecule has 0 spiro atoms. The van der Waals surface area contributed by atoms with Crippen molar-refractivity contribution in [1.82, 2.24) is 44.4 Å². The Morgan fingerprint density at radius 3 is 2.59 bits per heavy atom. The molecule has 6 amide bonds. The second-order valence-electron chi connectivity index (χ2n) is 15.2. The number of amides is 6. The zero-order valence-corrected chi connectivity index (χ0v) is 33.6. The van der Waals surface area contributed by atoms with Crippen molar-refractivity contribution in [2.75, 3.05) is 48.8 Å². The molecule has 3 aliphatic heterocycles. The first-order chi connectivity index (χ1) is 28.4. The number of aryl methyl sites for hydroxylation is 1. The maximum atomic E-state index is 13.2. The van der Waals surface area contributed by atoms with Crippen LogP contribution in [0.15, 0.2) is 53.4 Å². The van der Waals surface area contributed by atoms with Crippen molar-refractivity contribution in [3.05, 3.63) is 76.7 Å². The van der Waals surface area contributed by atoms with Gasteiger partial charge < -0.3 is 29.9 Å². The summed E-state index contributed by atoms with van der Waals surface area (Å²) < 4.78 is 7.14. The topological polar surface area (TPSA) is 204 Å². The molecule has 306 valence electrons. The number of unbranched alkanes of at least 4 members (excludes halogenated alkanes) is 1. The van der Waals surface area contributed by atoms with Gasteiger partial charge in [-0.1, -0.05) is 30.6 Å². The van der Waals surface area contributed by atoms with Gasteiger partial charge in [0.15, 0.2) is 5.65 Å². The highest BCUT2D eigenvalue weighted by molar-refractivity contribution is 6.33. The molecule has 59 heavy (non-hydrogen) atoms. The van der Waals surface area contributed by atoms with Gasteiger partial charge in [-0.2, -0.15) is 10.1 Å². The summed E-state index contributed by atoms with van der Waals surface area (Å²) in [5.41, 5.74) is 5.09. The van der Waals surface area contributed by atoms with Gasteiger partial charge >= 0.3 is 6.03 Å². The number of carbonyl (C=O) groups is 5. The number of carbonyl (C=O) groups excluding carboxylic acids is 5. The van der Waals surface area contributed by atoms with E-state index in [1.165, 1.54) is 13.2 Å². The lowest BCUT2D eigenvalue weighted by Crippen LogP contribution is -2.53. The van der Waals surface area contributed by atoms with E-state index in [0.29, 0.717) is 99.0 Å². The number of fused-ring (bicyclic) bond motifs is 2. The second-order valence-corrected chi connectivity index (χ2v) is 15.6. The predicted molar refractivity (Wildman–Crippen MR) is 216 cm³/mol. The van der Waals surface area contributed by atoms with E-state index in [9.17, 15) is 24.0 Å². The number of anilines is 3. The van der Waals surface area contributed by atoms with Crippen LogP contribution in [-0.2, 0) is 27.3 Å². The number of pyridine rings is 1. The van der Waals surface area contributed by atoms with Crippen LogP contribution < -0.4 is 15.5 Å². The van der Waals surface area contributed by atoms with Gasteiger partial charge in [0.05, 0.1) is 40.7 Å². The number of aromatic nitrogens is 6. The molecule has 18 nitrogen and oxygen atoms in total. The Hall–Kier alpha value is -6.43. The summed E-state index contributed by atoms with van der Waals surface area (Å²) in [7, 11) is 1.46. The van der Waals surface area contributed by atoms with Crippen molar-refractivity contribution in [1.29, 1.82) is 0 Å². The molecule has 19 heteroatoms. The molecular weight excluding hydrogens is 780 g/mol. The average molecular weight is 823 g/mol. The predicted octanol–water partition coefficient (Wildman–Crippen LogP) is 4.76. The quantitative estimate of drug-likeness (QED) is 0.137. The van der Waals surface area contributed by atoms with E-state index in [1.807, 2.05) is 36.9 Å². The van der Waals surface area contributed by atoms with E-state index in [0.717, 1.165) is 21.8 Å². The zero-order chi connectivity index (χ0) is 41.4. The number of nitrogens with zero attached hydrogens (tertiary/aromatic N) is 10. The van der Waals surface area contributed by atoms with Gasteiger partial charge in [0.1, 0.15) is 11.7 Å². The maximum Gasteiger partial charge on any atom is 0.323 e. The van der Waals surface area contributed by atoms with Crippen LogP contribution >= 0.6 is 11.6 Å². The van der Waals surface area contributed by atoms with E-state index in [2.05, 4.69) is 40.7 Å². The summed E-state index contributed by atoms with van der Waals surface area (Å²) in [5, 5.41) is 14.2. The number of benzene rings is 1. The SMILES string of the molecule is CC(C)c1c(NC(=O)Nc2cnc(-c3noc(CCCCC(=O)N4CCN(c5ccc6c(c5)CN(C5CCC(=O)N(C)C5=O)C6=O)CC4)n3)c(Cl)c2)cnc2ccnn12. The van der Waals surface area contributed by atoms with Crippen molar-refractivity contribution >= 4 is 64.0 Å². The molecule has 0 bridgehead atoms. The minimum absolute atomic E-state index is 0.0661. The fraction of sp³-hybridized carbons (Fsp3) is 0.400. The Morgan fingerprint density at radius 1 is 1.00 bits per heavy atom. The van der Waals surface area contributed by atoms with Gasteiger partial charge in [-0.25, -0.2) is 19.3 Å². The highest BCUT2D eigenvalue weighted by Gasteiger charge is 2.41. The fourth-order valence-corrected chi connectivity index (χ4v) is 8.09. The van der Waals surface area contributed by atoms with Crippen LogP contribution in [0.2, 0.25) is 5.02 Å². The molecular formula is C40H43ClN12O6. The van der Waals surface area contributed by atoms with Gasteiger partial charge in [-0.05, 0) is 55.0 Å². The minimum Gasteiger partial charge on any atom is -0.368 e. The van der Waals surface area contributed by atoms with Gasteiger partial charge in [0.2, 0.25) is 23.5 Å². The molecule has 1 aromatic carbocycles. The van der Waals surface area contributed by atoms with Gasteiger partial charge in [-0.3, -0.25) is 24.1 Å². The summed E-state index contributed by atoms with van der Waals surface area (Å²) in [4.78, 5) is 83.8. The van der Waals surface area contributed by atoms with Crippen molar-refractivity contribution in [3.63, 3.8) is 0 Å². The molecule has 2 N–H and O–H groups in total. The number of hydrogen-bond acceptors (Lipinski definition) is 12. The van der Waals surface area contributed by atoms with E-state index in [-0.39, 0.29) is 46.8 Å². The maximum absolute atomic E-state index is 13.2. The van der Waals surface area contributed by atoms with Gasteiger partial charge in [0.25, 0.3) is 11.8 Å². The molecule has 1 unspecified atom stereocenters. The molecule has 5 aromatic rings. The standard InChI is InChI=1S/C40H43ClN12O6/c1-23(2)36-29(21-42-31-12-13-44-53(31)36)46-40(58)45-25-19-28(41)35(43-20-25)37-47-32(59-48-37)6-4-5-7-34(55)51-16-14-50(15-17-51)26-8-9-27-24(18-26)22-52(38(27)56)30-10-11-33(54)49(3)39(30)57/h8-9,12-13,18-21,23,30H,4-7,10-11,14-17,22H2,1-3H3,(H2,45,46,58). The number of rotatable bonds is 11. The summed E-state index contributed by atoms with van der Waals surface area (Å²) in [6, 6.07) is 7.94. The Bertz CT molecular complexity index is 2460. The number of piperidine rings is 1. The first-order valence-corrected chi connectivity index (χ1v) is 20.0. The third-order valence-electron chi connectivity index (χ3n) is 11.0. The second kappa shape index (κ2) is 16.4. The molecule has 0 radical (unpaired) electrons. The Balaban J connectivity index is 0.775. The number of piperazine rings is 1. The third kappa shape index (κ3) is 8.04. The average Bonchev–Trinajstić information content (AvgIpc) is 3.97. The van der Waals surface area contributed by atoms with Crippen LogP contribution in [0.5, 0.6) is 0 Å². The third-order valence-corrected chi connectivity index (χ3v) is 11.3. The Morgan fingerprint density at radius 2 is 1.81 bits per heavy atom. The lowest BCUT2D eigenvalue weighted by atomic mass is 10.0. The molecule has 4 aromatic heterocycles. The summed E-state index contributed by atoms with van der Waals surface area (Å²) in [6.07, 6.45) is 7.45. The van der Waals surface area contributed by atoms with Crippen molar-refractivity contribution < 1.29 is 28.5 Å². The van der Waals surface area contributed by atoms with Crippen molar-refractivity contribution in [2.45, 2.75) is 70.9 Å². The van der Waals surface area contributed by atoms with Crippen molar-refractivity contribution in [2.24, 2.45) is 0 Å². The molecule has 0 aliphatic carbocycles. The number of urea groups is 1. The molecule has 2 fully saturated rings. The number of likely N-dealkylation sites (N-methyl/N-ethyl adjacent to an activating group) is 1. The van der Waals surface area contributed by atoms with Gasteiger partial charge in [-0.15, -0.1) is 0 Å². The number of nitrogens with one attached hydrogen (secondary N) is 2. The smallest absolute Gasteiger partial charge is 0.323 e. The highest BCUT2D eigenvalue weighted by atomic mass is 35.5. The number of likely N-dealkylation sites (tertiary alicyclic amines) is 1. The largest absolute Gasteiger partial charge is 0.368 e. The molecule has 1 atom stereocenters. The molecule has 3 aliphatic rings. The lowest BCUT2D eigenvalue weighted by Gasteiger charge is -2.36. The van der Waals surface area contributed by atoms with Crippen LogP contribution in [0.4, 0.5) is 21.9 Å². The van der Waals surface area contributed by atoms with Crippen molar-refractivity contribution in [3.8, 4) is 11.5 Å². The first kappa shape index (κ1) is 39.4. The Kier molecular flexibility index (Phi) is 11.0. The Labute approximate surface area is 343 Å². The highest BCUT2D eigenvalue weighted by Crippen LogP contribution is 2.32. The van der Waals surface area contributed by atoms with E-state index < -0.39 is 12.1 Å². The van der Waals surface area contributed by atoms with Crippen LogP contribution in [0.3, 0.4) is 0 Å². The first-order valence-electron chi connectivity index (χ1n) is 19.6. The molecule has 8 rings (SSSR count). The summed E-state index contributed by atoms with van der Waals surface area (Å²) in [5.74, 6) is 0.0104. The number of halogens is 1. The minimum atomic E-state index is -0.638. The van der Waals surface area contributed by atoms with E-state index in [1.54, 1.807) is 33.9 Å². The van der Waals surface area contributed by atoms with Crippen LogP contribution in [0, 0.1) is 0 Å². The normalized spacial score (nSPS) is 17.0. The zero-order valence-electron chi connectivity index (χ0n) is 32.9. The summed E-state index contributed by atoms with van der Waals surface area (Å²) >= 11 is 6.53. The molecule has 0 saturated carbocycles. The lowest BCUT2D eigenvalue weighted by molar-refractivity contribution is -0.150. The number of imide groups is 1. The molecule has 2 saturated heterocycles. The van der Waals surface area contributed by atoms with Crippen LogP contribution in [0.1, 0.15) is 79.4 Å². The monoisotopic (exact) mass is 822 g/mol. The van der Waals surface area contributed by atoms with Crippen LogP contribution in [-0.4, -0.2) is 113 Å². The van der Waals surface area contributed by atoms with E-state index >= 15 is 0 Å². The van der Waals surface area contributed by atoms with Crippen LogP contribution in [0.25, 0.3) is 17.2 Å². The fourth-order valence-electron chi connectivity index (χ4n) is 7.84.